The molecule has 3 N–H and O–H groups in total. The Labute approximate surface area is 132 Å². The van der Waals surface area contributed by atoms with Crippen LogP contribution in [0.4, 0.5) is 14.6 Å². The number of rotatable bonds is 3. The number of methoxy groups -OCH3 is 1. The van der Waals surface area contributed by atoms with Crippen LogP contribution in [-0.2, 0) is 5.66 Å². The molecule has 1 aliphatic heterocycles. The van der Waals surface area contributed by atoms with Crippen molar-refractivity contribution in [3.05, 3.63) is 47.4 Å². The number of nitrogens with zero attached hydrogens (tertiary/aromatic N) is 3. The van der Waals surface area contributed by atoms with Crippen LogP contribution in [0, 0.1) is 11.6 Å². The van der Waals surface area contributed by atoms with Gasteiger partial charge in [0.15, 0.2) is 17.4 Å². The fourth-order valence-corrected chi connectivity index (χ4v) is 2.66. The highest BCUT2D eigenvalue weighted by molar-refractivity contribution is 5.58. The molecule has 3 rings (SSSR count). The molecule has 2 heterocycles. The van der Waals surface area contributed by atoms with Crippen molar-refractivity contribution in [1.82, 2.24) is 15.4 Å². The van der Waals surface area contributed by atoms with Crippen molar-refractivity contribution in [2.75, 3.05) is 12.1 Å². The minimum Gasteiger partial charge on any atom is -0.494 e. The fourth-order valence-electron chi connectivity index (χ4n) is 2.66. The molecule has 1 aromatic heterocycles. The molecule has 122 valence electrons. The zero-order chi connectivity index (χ0) is 16.8. The standard InChI is InChI=1S/C15H17F2N5O/c1-8(2)22-14-10(6-19-7-20-14)15(18,21-22)9-4-12(17)13(23-3)5-11(9)16/h4-8,21H,18H2,1-3H3. The lowest BCUT2D eigenvalue weighted by Crippen LogP contribution is -2.55. The van der Waals surface area contributed by atoms with Crippen LogP contribution in [-0.4, -0.2) is 23.1 Å². The van der Waals surface area contributed by atoms with Gasteiger partial charge >= 0.3 is 0 Å². The number of nitrogens with two attached hydrogens (primary N) is 1. The van der Waals surface area contributed by atoms with Gasteiger partial charge in [-0.15, -0.1) is 0 Å². The van der Waals surface area contributed by atoms with Gasteiger partial charge in [-0.05, 0) is 19.9 Å². The first kappa shape index (κ1) is 15.6. The van der Waals surface area contributed by atoms with E-state index in [0.717, 1.165) is 12.1 Å². The SMILES string of the molecule is COc1cc(F)c(C2(N)NN(C(C)C)c3ncncc32)cc1F. The summed E-state index contributed by atoms with van der Waals surface area (Å²) in [5, 5.41) is 1.71. The van der Waals surface area contributed by atoms with Crippen molar-refractivity contribution in [2.45, 2.75) is 25.6 Å². The summed E-state index contributed by atoms with van der Waals surface area (Å²) >= 11 is 0. The van der Waals surface area contributed by atoms with Gasteiger partial charge in [-0.2, -0.15) is 0 Å². The highest BCUT2D eigenvalue weighted by atomic mass is 19.1. The molecule has 2 aromatic rings. The van der Waals surface area contributed by atoms with Gasteiger partial charge in [0.2, 0.25) is 0 Å². The Hall–Kier alpha value is -2.32. The van der Waals surface area contributed by atoms with E-state index in [1.165, 1.54) is 19.6 Å². The third-order valence-corrected chi connectivity index (χ3v) is 3.82. The molecule has 0 spiro atoms. The predicted octanol–water partition coefficient (Wildman–Crippen LogP) is 1.66. The maximum Gasteiger partial charge on any atom is 0.165 e. The smallest absolute Gasteiger partial charge is 0.165 e. The normalized spacial score (nSPS) is 20.0. The Morgan fingerprint density at radius 3 is 2.65 bits per heavy atom. The third-order valence-electron chi connectivity index (χ3n) is 3.82. The number of hydrogen-bond acceptors (Lipinski definition) is 6. The second-order valence-electron chi connectivity index (χ2n) is 5.61. The molecule has 6 nitrogen and oxygen atoms in total. The Bertz CT molecular complexity index is 755. The molecule has 1 aromatic carbocycles. The first-order valence-corrected chi connectivity index (χ1v) is 7.08. The molecule has 0 bridgehead atoms. The number of hydrazine groups is 1. The van der Waals surface area contributed by atoms with Gasteiger partial charge in [0.25, 0.3) is 0 Å². The molecular formula is C15H17F2N5O. The van der Waals surface area contributed by atoms with Crippen molar-refractivity contribution in [3.8, 4) is 5.75 Å². The lowest BCUT2D eigenvalue weighted by atomic mass is 9.94. The number of nitrogens with one attached hydrogen (secondary N) is 1. The zero-order valence-electron chi connectivity index (χ0n) is 13.0. The first-order chi connectivity index (χ1) is 10.9. The van der Waals surface area contributed by atoms with Crippen LogP contribution in [0.25, 0.3) is 0 Å². The van der Waals surface area contributed by atoms with Crippen molar-refractivity contribution in [1.29, 1.82) is 0 Å². The number of ether oxygens (including phenoxy) is 1. The topological polar surface area (TPSA) is 76.3 Å². The van der Waals surface area contributed by atoms with E-state index in [0.29, 0.717) is 11.4 Å². The molecule has 1 atom stereocenters. The molecule has 1 unspecified atom stereocenters. The number of aromatic nitrogens is 2. The Balaban J connectivity index is 2.18. The summed E-state index contributed by atoms with van der Waals surface area (Å²) in [4.78, 5) is 8.16. The van der Waals surface area contributed by atoms with Gasteiger partial charge in [-0.3, -0.25) is 5.01 Å². The number of anilines is 1. The molecule has 0 radical (unpaired) electrons. The summed E-state index contributed by atoms with van der Waals surface area (Å²) in [6.07, 6.45) is 2.88. The van der Waals surface area contributed by atoms with E-state index in [9.17, 15) is 8.78 Å². The molecule has 0 saturated heterocycles. The second kappa shape index (κ2) is 5.39. The van der Waals surface area contributed by atoms with Gasteiger partial charge in [-0.25, -0.2) is 24.2 Å². The van der Waals surface area contributed by atoms with Crippen LogP contribution in [0.1, 0.15) is 25.0 Å². The monoisotopic (exact) mass is 321 g/mol. The average Bonchev–Trinajstić information content (AvgIpc) is 2.84. The Morgan fingerprint density at radius 2 is 2.00 bits per heavy atom. The van der Waals surface area contributed by atoms with Crippen LogP contribution in [0.2, 0.25) is 0 Å². The second-order valence-corrected chi connectivity index (χ2v) is 5.61. The van der Waals surface area contributed by atoms with E-state index in [1.807, 2.05) is 13.8 Å². The van der Waals surface area contributed by atoms with Crippen LogP contribution in [0.15, 0.2) is 24.7 Å². The molecular weight excluding hydrogens is 304 g/mol. The minimum absolute atomic E-state index is 0.000214. The van der Waals surface area contributed by atoms with E-state index in [4.69, 9.17) is 10.5 Å². The third kappa shape index (κ3) is 2.30. The van der Waals surface area contributed by atoms with E-state index < -0.39 is 17.3 Å². The summed E-state index contributed by atoms with van der Waals surface area (Å²) in [5.74, 6) is -1.03. The molecule has 0 saturated carbocycles. The van der Waals surface area contributed by atoms with E-state index in [1.54, 1.807) is 5.01 Å². The number of halogens is 2. The quantitative estimate of drug-likeness (QED) is 0.895. The Morgan fingerprint density at radius 1 is 1.26 bits per heavy atom. The lowest BCUT2D eigenvalue weighted by molar-refractivity contribution is 0.368. The van der Waals surface area contributed by atoms with Gasteiger partial charge in [0.05, 0.1) is 12.7 Å². The highest BCUT2D eigenvalue weighted by Gasteiger charge is 2.45. The molecule has 8 heteroatoms. The van der Waals surface area contributed by atoms with Crippen molar-refractivity contribution < 1.29 is 13.5 Å². The van der Waals surface area contributed by atoms with Crippen molar-refractivity contribution in [2.24, 2.45) is 5.73 Å². The van der Waals surface area contributed by atoms with Gasteiger partial charge in [-0.1, -0.05) is 0 Å². The van der Waals surface area contributed by atoms with Crippen LogP contribution in [0.3, 0.4) is 0 Å². The fraction of sp³-hybridized carbons (Fsp3) is 0.333. The maximum atomic E-state index is 14.5. The van der Waals surface area contributed by atoms with Gasteiger partial charge in [0, 0.05) is 23.9 Å². The van der Waals surface area contributed by atoms with Crippen molar-refractivity contribution in [3.63, 3.8) is 0 Å². The van der Waals surface area contributed by atoms with E-state index in [2.05, 4.69) is 15.4 Å². The summed E-state index contributed by atoms with van der Waals surface area (Å²) in [7, 11) is 1.27. The lowest BCUT2D eigenvalue weighted by Gasteiger charge is -2.30. The predicted molar refractivity (Wildman–Crippen MR) is 80.7 cm³/mol. The van der Waals surface area contributed by atoms with Gasteiger partial charge < -0.3 is 10.5 Å². The van der Waals surface area contributed by atoms with Crippen LogP contribution >= 0.6 is 0 Å². The number of benzene rings is 1. The average molecular weight is 321 g/mol. The van der Waals surface area contributed by atoms with Gasteiger partial charge in [0.1, 0.15) is 17.8 Å². The summed E-state index contributed by atoms with van der Waals surface area (Å²) < 4.78 is 33.4. The zero-order valence-corrected chi connectivity index (χ0v) is 13.0. The summed E-state index contributed by atoms with van der Waals surface area (Å²) in [6, 6.07) is 2.00. The van der Waals surface area contributed by atoms with Crippen LogP contribution < -0.4 is 20.9 Å². The molecule has 0 aliphatic carbocycles. The molecule has 1 aliphatic rings. The first-order valence-electron chi connectivity index (χ1n) is 7.08. The van der Waals surface area contributed by atoms with Crippen molar-refractivity contribution >= 4 is 5.82 Å². The van der Waals surface area contributed by atoms with Crippen LogP contribution in [0.5, 0.6) is 5.75 Å². The largest absolute Gasteiger partial charge is 0.494 e. The Kier molecular flexibility index (Phi) is 3.65. The van der Waals surface area contributed by atoms with E-state index >= 15 is 0 Å². The maximum absolute atomic E-state index is 14.5. The summed E-state index contributed by atoms with van der Waals surface area (Å²) in [5.41, 5.74) is 8.37. The molecule has 0 fully saturated rings. The molecule has 0 amide bonds. The minimum atomic E-state index is -1.47. The van der Waals surface area contributed by atoms with E-state index in [-0.39, 0.29) is 17.4 Å². The molecule has 23 heavy (non-hydrogen) atoms. The number of fused-ring (bicyclic) bond motifs is 1. The highest BCUT2D eigenvalue weighted by Crippen LogP contribution is 2.39. The summed E-state index contributed by atoms with van der Waals surface area (Å²) in [6.45, 7) is 3.85. The number of hydrogen-bond donors (Lipinski definition) is 2.